The van der Waals surface area contributed by atoms with Crippen molar-refractivity contribution in [1.82, 2.24) is 10.4 Å². The average molecular weight is 140 g/mol. The van der Waals surface area contributed by atoms with Gasteiger partial charge in [-0.25, -0.2) is 5.43 Å². The van der Waals surface area contributed by atoms with Crippen molar-refractivity contribution in [2.75, 3.05) is 13.1 Å². The fraction of sp³-hybridized carbons (Fsp3) is 0.750. The van der Waals surface area contributed by atoms with Gasteiger partial charge < -0.3 is 5.01 Å². The molecule has 1 N–H and O–H groups in total. The second kappa shape index (κ2) is 3.62. The monoisotopic (exact) mass is 140 g/mol. The van der Waals surface area contributed by atoms with Crippen LogP contribution in [0.15, 0.2) is 11.8 Å². The SMILES string of the molecule is CCCCN1NCC=C1C. The topological polar surface area (TPSA) is 15.3 Å². The van der Waals surface area contributed by atoms with Crippen LogP contribution in [0.2, 0.25) is 0 Å². The minimum absolute atomic E-state index is 1.01. The van der Waals surface area contributed by atoms with Gasteiger partial charge in [-0.1, -0.05) is 13.3 Å². The minimum atomic E-state index is 1.01. The van der Waals surface area contributed by atoms with E-state index in [4.69, 9.17) is 0 Å². The second-order valence-electron chi connectivity index (χ2n) is 2.71. The molecule has 10 heavy (non-hydrogen) atoms. The summed E-state index contributed by atoms with van der Waals surface area (Å²) in [7, 11) is 0. The molecule has 1 aliphatic heterocycles. The Morgan fingerprint density at radius 3 is 3.00 bits per heavy atom. The highest BCUT2D eigenvalue weighted by molar-refractivity contribution is 5.02. The van der Waals surface area contributed by atoms with E-state index in [0.29, 0.717) is 0 Å². The smallest absolute Gasteiger partial charge is 0.0351 e. The van der Waals surface area contributed by atoms with Gasteiger partial charge in [-0.3, -0.25) is 0 Å². The highest BCUT2D eigenvalue weighted by atomic mass is 15.5. The van der Waals surface area contributed by atoms with Crippen LogP contribution in [0, 0.1) is 0 Å². The lowest BCUT2D eigenvalue weighted by Crippen LogP contribution is -2.31. The number of hydrazine groups is 1. The molecule has 0 aromatic heterocycles. The first-order chi connectivity index (χ1) is 4.84. The lowest BCUT2D eigenvalue weighted by atomic mass is 10.3. The molecule has 0 amide bonds. The molecular formula is C8H16N2. The summed E-state index contributed by atoms with van der Waals surface area (Å²) in [5.41, 5.74) is 4.65. The van der Waals surface area contributed by atoms with Crippen LogP contribution in [0.25, 0.3) is 0 Å². The van der Waals surface area contributed by atoms with E-state index in [0.717, 1.165) is 13.1 Å². The third kappa shape index (κ3) is 1.74. The summed E-state index contributed by atoms with van der Waals surface area (Å²) in [5.74, 6) is 0. The lowest BCUT2D eigenvalue weighted by Gasteiger charge is -2.19. The van der Waals surface area contributed by atoms with E-state index in [1.807, 2.05) is 0 Å². The summed E-state index contributed by atoms with van der Waals surface area (Å²) in [6.45, 7) is 6.53. The molecule has 2 nitrogen and oxygen atoms in total. The highest BCUT2D eigenvalue weighted by Crippen LogP contribution is 2.06. The van der Waals surface area contributed by atoms with Crippen molar-refractivity contribution in [3.05, 3.63) is 11.8 Å². The summed E-state index contributed by atoms with van der Waals surface area (Å²) in [6, 6.07) is 0. The van der Waals surface area contributed by atoms with Gasteiger partial charge in [0.05, 0.1) is 0 Å². The predicted molar refractivity (Wildman–Crippen MR) is 43.4 cm³/mol. The Labute approximate surface area is 62.9 Å². The summed E-state index contributed by atoms with van der Waals surface area (Å²) in [4.78, 5) is 0. The summed E-state index contributed by atoms with van der Waals surface area (Å²) < 4.78 is 0. The maximum absolute atomic E-state index is 3.28. The summed E-state index contributed by atoms with van der Waals surface area (Å²) in [6.07, 6.45) is 4.76. The number of allylic oxidation sites excluding steroid dienone is 1. The standard InChI is InChI=1S/C8H16N2/c1-3-4-7-10-8(2)5-6-9-10/h5,9H,3-4,6-7H2,1-2H3. The number of rotatable bonds is 3. The van der Waals surface area contributed by atoms with Crippen molar-refractivity contribution in [3.63, 3.8) is 0 Å². The molecular weight excluding hydrogens is 124 g/mol. The maximum Gasteiger partial charge on any atom is 0.0351 e. The van der Waals surface area contributed by atoms with E-state index >= 15 is 0 Å². The molecule has 58 valence electrons. The Balaban J connectivity index is 2.22. The van der Waals surface area contributed by atoms with Gasteiger partial charge in [-0.2, -0.15) is 0 Å². The van der Waals surface area contributed by atoms with Gasteiger partial charge >= 0.3 is 0 Å². The van der Waals surface area contributed by atoms with Crippen LogP contribution in [-0.2, 0) is 0 Å². The van der Waals surface area contributed by atoms with Crippen molar-refractivity contribution in [2.24, 2.45) is 0 Å². The van der Waals surface area contributed by atoms with Gasteiger partial charge in [0.25, 0.3) is 0 Å². The molecule has 0 saturated heterocycles. The fourth-order valence-electron chi connectivity index (χ4n) is 1.11. The normalized spacial score (nSPS) is 17.8. The molecule has 1 rings (SSSR count). The number of hydrogen-bond acceptors (Lipinski definition) is 2. The van der Waals surface area contributed by atoms with E-state index in [1.165, 1.54) is 18.5 Å². The van der Waals surface area contributed by atoms with Crippen LogP contribution in [-0.4, -0.2) is 18.1 Å². The van der Waals surface area contributed by atoms with Crippen molar-refractivity contribution >= 4 is 0 Å². The first kappa shape index (κ1) is 7.61. The van der Waals surface area contributed by atoms with E-state index in [1.54, 1.807) is 0 Å². The Bertz CT molecular complexity index is 129. The van der Waals surface area contributed by atoms with Gasteiger partial charge in [0, 0.05) is 18.8 Å². The van der Waals surface area contributed by atoms with Gasteiger partial charge in [0.15, 0.2) is 0 Å². The number of unbranched alkanes of at least 4 members (excludes halogenated alkanes) is 1. The largest absolute Gasteiger partial charge is 0.313 e. The molecule has 0 unspecified atom stereocenters. The number of hydrogen-bond donors (Lipinski definition) is 1. The van der Waals surface area contributed by atoms with Gasteiger partial charge in [0.2, 0.25) is 0 Å². The highest BCUT2D eigenvalue weighted by Gasteiger charge is 2.07. The summed E-state index contributed by atoms with van der Waals surface area (Å²) in [5, 5.41) is 2.23. The van der Waals surface area contributed by atoms with Crippen molar-refractivity contribution in [3.8, 4) is 0 Å². The molecule has 0 spiro atoms. The van der Waals surface area contributed by atoms with Crippen LogP contribution < -0.4 is 5.43 Å². The molecule has 0 radical (unpaired) electrons. The van der Waals surface area contributed by atoms with E-state index < -0.39 is 0 Å². The first-order valence-electron chi connectivity index (χ1n) is 4.02. The molecule has 0 aromatic rings. The quantitative estimate of drug-likeness (QED) is 0.639. The molecule has 0 saturated carbocycles. The minimum Gasteiger partial charge on any atom is -0.313 e. The maximum atomic E-state index is 3.28. The van der Waals surface area contributed by atoms with Crippen LogP contribution in [0.1, 0.15) is 26.7 Å². The Kier molecular flexibility index (Phi) is 2.75. The van der Waals surface area contributed by atoms with E-state index in [2.05, 4.69) is 30.4 Å². The van der Waals surface area contributed by atoms with Crippen LogP contribution >= 0.6 is 0 Å². The first-order valence-corrected chi connectivity index (χ1v) is 4.02. The van der Waals surface area contributed by atoms with Gasteiger partial charge in [-0.05, 0) is 19.4 Å². The number of nitrogens with zero attached hydrogens (tertiary/aromatic N) is 1. The van der Waals surface area contributed by atoms with Crippen molar-refractivity contribution < 1.29 is 0 Å². The molecule has 0 fully saturated rings. The molecule has 2 heteroatoms. The fourth-order valence-corrected chi connectivity index (χ4v) is 1.11. The van der Waals surface area contributed by atoms with Crippen molar-refractivity contribution in [1.29, 1.82) is 0 Å². The lowest BCUT2D eigenvalue weighted by molar-refractivity contribution is 0.278. The molecule has 1 heterocycles. The van der Waals surface area contributed by atoms with Crippen molar-refractivity contribution in [2.45, 2.75) is 26.7 Å². The molecule has 0 atom stereocenters. The van der Waals surface area contributed by atoms with E-state index in [-0.39, 0.29) is 0 Å². The molecule has 0 aromatic carbocycles. The second-order valence-corrected chi connectivity index (χ2v) is 2.71. The Hall–Kier alpha value is -0.500. The van der Waals surface area contributed by atoms with Gasteiger partial charge in [-0.15, -0.1) is 0 Å². The molecule has 0 aliphatic carbocycles. The third-order valence-electron chi connectivity index (χ3n) is 1.84. The van der Waals surface area contributed by atoms with Crippen LogP contribution in [0.5, 0.6) is 0 Å². The van der Waals surface area contributed by atoms with E-state index in [9.17, 15) is 0 Å². The molecule has 0 bridgehead atoms. The Morgan fingerprint density at radius 1 is 1.70 bits per heavy atom. The Morgan fingerprint density at radius 2 is 2.50 bits per heavy atom. The zero-order valence-corrected chi connectivity index (χ0v) is 6.85. The zero-order valence-electron chi connectivity index (χ0n) is 6.85. The average Bonchev–Trinajstić information content (AvgIpc) is 2.31. The zero-order chi connectivity index (χ0) is 7.40. The predicted octanol–water partition coefficient (Wildman–Crippen LogP) is 1.51. The summed E-state index contributed by atoms with van der Waals surface area (Å²) >= 11 is 0. The van der Waals surface area contributed by atoms with Gasteiger partial charge in [0.1, 0.15) is 0 Å². The third-order valence-corrected chi connectivity index (χ3v) is 1.84. The number of nitrogens with one attached hydrogen (secondary N) is 1. The van der Waals surface area contributed by atoms with Crippen LogP contribution in [0.4, 0.5) is 0 Å². The molecule has 1 aliphatic rings. The van der Waals surface area contributed by atoms with Crippen LogP contribution in [0.3, 0.4) is 0 Å².